The number of methoxy groups -OCH3 is 1. The van der Waals surface area contributed by atoms with E-state index in [-0.39, 0.29) is 28.6 Å². The lowest BCUT2D eigenvalue weighted by Gasteiger charge is -2.26. The minimum absolute atomic E-state index is 0.0305. The third kappa shape index (κ3) is 5.18. The molecular formula is C27H23ClN2O6. The van der Waals surface area contributed by atoms with Gasteiger partial charge in [0, 0.05) is 0 Å². The minimum atomic E-state index is -0.890. The first-order chi connectivity index (χ1) is 17.2. The molecule has 0 unspecified atom stereocenters. The number of phenolic OH excluding ortho intramolecular Hbond substituents is 1. The lowest BCUT2D eigenvalue weighted by atomic mass is 10.1. The second kappa shape index (κ2) is 10.1. The Labute approximate surface area is 212 Å². The van der Waals surface area contributed by atoms with Gasteiger partial charge in [0.15, 0.2) is 11.5 Å². The van der Waals surface area contributed by atoms with Crippen LogP contribution in [0.1, 0.15) is 22.3 Å². The van der Waals surface area contributed by atoms with Gasteiger partial charge < -0.3 is 14.6 Å². The number of aromatic hydroxyl groups is 1. The van der Waals surface area contributed by atoms with E-state index in [2.05, 4.69) is 11.4 Å². The second-order valence-corrected chi connectivity index (χ2v) is 8.70. The first-order valence-electron chi connectivity index (χ1n) is 10.9. The zero-order valence-electron chi connectivity index (χ0n) is 19.8. The van der Waals surface area contributed by atoms with Gasteiger partial charge in [-0.2, -0.15) is 0 Å². The smallest absolute Gasteiger partial charge is 0.335 e. The summed E-state index contributed by atoms with van der Waals surface area (Å²) >= 11 is 6.49. The Balaban J connectivity index is 1.63. The van der Waals surface area contributed by atoms with Crippen LogP contribution in [-0.4, -0.2) is 30.1 Å². The molecule has 0 saturated carbocycles. The van der Waals surface area contributed by atoms with Crippen molar-refractivity contribution < 1.29 is 29.0 Å². The van der Waals surface area contributed by atoms with Crippen LogP contribution >= 0.6 is 11.6 Å². The highest BCUT2D eigenvalue weighted by Crippen LogP contribution is 2.38. The van der Waals surface area contributed by atoms with E-state index in [4.69, 9.17) is 21.1 Å². The molecule has 0 bridgehead atoms. The molecule has 1 aliphatic heterocycles. The minimum Gasteiger partial charge on any atom is -0.508 e. The summed E-state index contributed by atoms with van der Waals surface area (Å²) in [5.41, 5.74) is 3.52. The van der Waals surface area contributed by atoms with E-state index in [1.54, 1.807) is 6.07 Å². The summed E-state index contributed by atoms with van der Waals surface area (Å²) in [6.45, 7) is 4.28. The van der Waals surface area contributed by atoms with Gasteiger partial charge in [0.2, 0.25) is 0 Å². The number of rotatable bonds is 6. The fraction of sp³-hybridized carbons (Fsp3) is 0.148. The van der Waals surface area contributed by atoms with Crippen LogP contribution < -0.4 is 19.7 Å². The number of imide groups is 2. The van der Waals surface area contributed by atoms with Crippen LogP contribution in [0.5, 0.6) is 17.2 Å². The molecule has 2 N–H and O–H groups in total. The summed E-state index contributed by atoms with van der Waals surface area (Å²) in [6.07, 6.45) is 1.32. The maximum atomic E-state index is 13.1. The monoisotopic (exact) mass is 506 g/mol. The van der Waals surface area contributed by atoms with Crippen LogP contribution in [0.4, 0.5) is 10.5 Å². The number of hydrogen-bond donors (Lipinski definition) is 2. The number of barbiturate groups is 1. The Morgan fingerprint density at radius 1 is 1.00 bits per heavy atom. The molecule has 4 amide bonds. The number of aryl methyl sites for hydroxylation is 2. The van der Waals surface area contributed by atoms with E-state index in [0.717, 1.165) is 21.6 Å². The molecule has 36 heavy (non-hydrogen) atoms. The molecule has 1 aliphatic rings. The van der Waals surface area contributed by atoms with Crippen molar-refractivity contribution in [3.8, 4) is 17.2 Å². The lowest BCUT2D eigenvalue weighted by molar-refractivity contribution is -0.122. The molecule has 4 rings (SSSR count). The van der Waals surface area contributed by atoms with Crippen molar-refractivity contribution in [1.29, 1.82) is 0 Å². The number of anilines is 1. The fourth-order valence-corrected chi connectivity index (χ4v) is 4.21. The Hall–Kier alpha value is -4.30. The molecule has 184 valence electrons. The number of carbonyl (C=O) groups excluding carboxylic acids is 3. The number of nitrogens with zero attached hydrogens (tertiary/aromatic N) is 1. The third-order valence-electron chi connectivity index (χ3n) is 5.44. The maximum absolute atomic E-state index is 13.1. The second-order valence-electron chi connectivity index (χ2n) is 8.29. The van der Waals surface area contributed by atoms with Gasteiger partial charge in [0.05, 0.1) is 17.8 Å². The van der Waals surface area contributed by atoms with E-state index in [9.17, 15) is 19.5 Å². The topological polar surface area (TPSA) is 105 Å². The first kappa shape index (κ1) is 24.8. The van der Waals surface area contributed by atoms with Gasteiger partial charge in [-0.3, -0.25) is 14.9 Å². The lowest BCUT2D eigenvalue weighted by Crippen LogP contribution is -2.54. The Bertz CT molecular complexity index is 1380. The quantitative estimate of drug-likeness (QED) is 0.363. The highest BCUT2D eigenvalue weighted by molar-refractivity contribution is 6.39. The summed E-state index contributed by atoms with van der Waals surface area (Å²) in [5, 5.41) is 11.9. The molecule has 1 saturated heterocycles. The zero-order chi connectivity index (χ0) is 26.0. The number of carbonyl (C=O) groups is 3. The van der Waals surface area contributed by atoms with Crippen LogP contribution in [0.2, 0.25) is 5.02 Å². The van der Waals surface area contributed by atoms with Gasteiger partial charge in [0.1, 0.15) is 17.9 Å². The number of benzene rings is 3. The number of halogens is 1. The molecule has 1 fully saturated rings. The molecule has 0 aliphatic carbocycles. The molecule has 3 aromatic rings. The summed E-state index contributed by atoms with van der Waals surface area (Å²) in [7, 11) is 1.45. The molecule has 0 aromatic heterocycles. The van der Waals surface area contributed by atoms with Gasteiger partial charge in [-0.25, -0.2) is 9.69 Å². The van der Waals surface area contributed by atoms with Crippen LogP contribution in [0.25, 0.3) is 6.08 Å². The largest absolute Gasteiger partial charge is 0.508 e. The Kier molecular flexibility index (Phi) is 6.98. The highest BCUT2D eigenvalue weighted by atomic mass is 35.5. The molecule has 0 radical (unpaired) electrons. The third-order valence-corrected chi connectivity index (χ3v) is 5.72. The first-order valence-corrected chi connectivity index (χ1v) is 11.3. The van der Waals surface area contributed by atoms with Crippen LogP contribution in [0, 0.1) is 13.8 Å². The van der Waals surface area contributed by atoms with Gasteiger partial charge in [-0.1, -0.05) is 40.9 Å². The van der Waals surface area contributed by atoms with E-state index in [1.807, 2.05) is 26.0 Å². The van der Waals surface area contributed by atoms with Crippen molar-refractivity contribution in [2.24, 2.45) is 0 Å². The van der Waals surface area contributed by atoms with Gasteiger partial charge in [-0.05, 0) is 67.4 Å². The van der Waals surface area contributed by atoms with Crippen molar-refractivity contribution in [1.82, 2.24) is 5.32 Å². The van der Waals surface area contributed by atoms with Crippen LogP contribution in [-0.2, 0) is 16.2 Å². The van der Waals surface area contributed by atoms with Gasteiger partial charge >= 0.3 is 6.03 Å². The van der Waals surface area contributed by atoms with E-state index in [1.165, 1.54) is 43.5 Å². The number of ether oxygens (including phenoxy) is 2. The molecule has 8 nitrogen and oxygen atoms in total. The van der Waals surface area contributed by atoms with E-state index < -0.39 is 17.8 Å². The summed E-state index contributed by atoms with van der Waals surface area (Å²) in [4.78, 5) is 38.7. The fourth-order valence-electron chi connectivity index (χ4n) is 3.93. The predicted molar refractivity (Wildman–Crippen MR) is 135 cm³/mol. The number of urea groups is 1. The molecule has 3 aromatic carbocycles. The van der Waals surface area contributed by atoms with E-state index in [0.29, 0.717) is 17.1 Å². The molecule has 0 spiro atoms. The number of nitrogens with one attached hydrogen (secondary N) is 1. The van der Waals surface area contributed by atoms with Crippen molar-refractivity contribution in [2.75, 3.05) is 12.0 Å². The van der Waals surface area contributed by atoms with Crippen molar-refractivity contribution >= 4 is 41.2 Å². The molecule has 1 heterocycles. The van der Waals surface area contributed by atoms with Crippen molar-refractivity contribution in [3.63, 3.8) is 0 Å². The highest BCUT2D eigenvalue weighted by Gasteiger charge is 2.36. The van der Waals surface area contributed by atoms with E-state index >= 15 is 0 Å². The Morgan fingerprint density at radius 2 is 1.67 bits per heavy atom. The number of amides is 4. The predicted octanol–water partition coefficient (Wildman–Crippen LogP) is 4.92. The zero-order valence-corrected chi connectivity index (χ0v) is 20.6. The molecule has 0 atom stereocenters. The molecular weight excluding hydrogens is 484 g/mol. The van der Waals surface area contributed by atoms with Crippen LogP contribution in [0.3, 0.4) is 0 Å². The average molecular weight is 507 g/mol. The summed E-state index contributed by atoms with van der Waals surface area (Å²) in [6, 6.07) is 13.8. The SMILES string of the molecule is COc1cc(/C=C2\C(=O)NC(=O)N(c3ccc(O)cc3)C2=O)cc(Cl)c1OCc1cc(C)cc(C)c1. The normalized spacial score (nSPS) is 14.7. The van der Waals surface area contributed by atoms with Crippen molar-refractivity contribution in [2.45, 2.75) is 20.5 Å². The molecule has 9 heteroatoms. The summed E-state index contributed by atoms with van der Waals surface area (Å²) < 4.78 is 11.4. The van der Waals surface area contributed by atoms with Gasteiger partial charge in [-0.15, -0.1) is 0 Å². The van der Waals surface area contributed by atoms with Crippen LogP contribution in [0.15, 0.2) is 60.2 Å². The summed E-state index contributed by atoms with van der Waals surface area (Å²) in [5.74, 6) is -1.06. The maximum Gasteiger partial charge on any atom is 0.335 e. The Morgan fingerprint density at radius 3 is 2.31 bits per heavy atom. The standard InChI is InChI=1S/C27H23ClN2O6/c1-15-8-16(2)10-18(9-15)14-36-24-22(28)12-17(13-23(24)35-3)11-21-25(32)29-27(34)30(26(21)33)19-4-6-20(31)7-5-19/h4-13,31H,14H2,1-3H3,(H,29,32,34)/b21-11+. The number of hydrogen-bond acceptors (Lipinski definition) is 6. The van der Waals surface area contributed by atoms with Gasteiger partial charge in [0.25, 0.3) is 11.8 Å². The number of phenols is 1. The average Bonchev–Trinajstić information content (AvgIpc) is 2.81. The van der Waals surface area contributed by atoms with Crippen molar-refractivity contribution in [3.05, 3.63) is 87.4 Å².